The molecule has 1 heterocycles. The number of rotatable bonds is 4. The fourth-order valence-electron chi connectivity index (χ4n) is 2.59. The SMILES string of the molecule is Cc1ccc(NC(=O)CCN2CC(C)OC(C)C2)cc1.O=C(O)C(=O)O. The second kappa shape index (κ2) is 10.5. The summed E-state index contributed by atoms with van der Waals surface area (Å²) in [4.78, 5) is 32.4. The summed E-state index contributed by atoms with van der Waals surface area (Å²) in [6, 6.07) is 7.88. The molecular formula is C18H26N2O6. The van der Waals surface area contributed by atoms with Gasteiger partial charge >= 0.3 is 11.9 Å². The molecular weight excluding hydrogens is 340 g/mol. The van der Waals surface area contributed by atoms with Crippen molar-refractivity contribution < 1.29 is 29.3 Å². The Morgan fingerprint density at radius 3 is 2.04 bits per heavy atom. The van der Waals surface area contributed by atoms with Gasteiger partial charge in [0.05, 0.1) is 12.2 Å². The molecule has 144 valence electrons. The van der Waals surface area contributed by atoms with Crippen molar-refractivity contribution in [2.45, 2.75) is 39.4 Å². The summed E-state index contributed by atoms with van der Waals surface area (Å²) in [5.74, 6) is -3.58. The average molecular weight is 366 g/mol. The van der Waals surface area contributed by atoms with Crippen LogP contribution in [0.5, 0.6) is 0 Å². The molecule has 3 N–H and O–H groups in total. The molecule has 0 saturated carbocycles. The highest BCUT2D eigenvalue weighted by Gasteiger charge is 2.22. The summed E-state index contributed by atoms with van der Waals surface area (Å²) in [6.07, 6.45) is 1.02. The lowest BCUT2D eigenvalue weighted by Gasteiger charge is -2.35. The summed E-state index contributed by atoms with van der Waals surface area (Å²) in [5, 5.41) is 17.7. The van der Waals surface area contributed by atoms with Gasteiger partial charge in [0.1, 0.15) is 0 Å². The van der Waals surface area contributed by atoms with Crippen LogP contribution in [0, 0.1) is 6.92 Å². The number of nitrogens with zero attached hydrogens (tertiary/aromatic N) is 1. The molecule has 0 radical (unpaired) electrons. The first-order chi connectivity index (χ1) is 12.2. The van der Waals surface area contributed by atoms with E-state index in [1.165, 1.54) is 5.56 Å². The Morgan fingerprint density at radius 2 is 1.58 bits per heavy atom. The molecule has 1 aromatic rings. The standard InChI is InChI=1S/C16H24N2O2.C2H2O4/c1-12-4-6-15(7-5-12)17-16(19)8-9-18-10-13(2)20-14(3)11-18;3-1(4)2(5)6/h4-7,13-14H,8-11H2,1-3H3,(H,17,19);(H,3,4)(H,5,6). The van der Waals surface area contributed by atoms with Crippen LogP contribution in [0.3, 0.4) is 0 Å². The maximum Gasteiger partial charge on any atom is 0.414 e. The van der Waals surface area contributed by atoms with E-state index in [9.17, 15) is 4.79 Å². The minimum Gasteiger partial charge on any atom is -0.473 e. The van der Waals surface area contributed by atoms with Gasteiger partial charge in [0.25, 0.3) is 0 Å². The van der Waals surface area contributed by atoms with Gasteiger partial charge in [0.2, 0.25) is 5.91 Å². The van der Waals surface area contributed by atoms with Gasteiger partial charge in [0.15, 0.2) is 0 Å². The molecule has 1 amide bonds. The zero-order valence-corrected chi connectivity index (χ0v) is 15.3. The van der Waals surface area contributed by atoms with Crippen LogP contribution in [0.1, 0.15) is 25.8 Å². The summed E-state index contributed by atoms with van der Waals surface area (Å²) in [5.41, 5.74) is 2.06. The number of carbonyl (C=O) groups is 3. The monoisotopic (exact) mass is 366 g/mol. The minimum absolute atomic E-state index is 0.0700. The smallest absolute Gasteiger partial charge is 0.414 e. The van der Waals surface area contributed by atoms with Crippen molar-refractivity contribution in [1.82, 2.24) is 4.90 Å². The lowest BCUT2D eigenvalue weighted by atomic mass is 10.2. The third-order valence-corrected chi connectivity index (χ3v) is 3.67. The summed E-state index contributed by atoms with van der Waals surface area (Å²) >= 11 is 0. The fourth-order valence-corrected chi connectivity index (χ4v) is 2.59. The number of carboxylic acids is 2. The van der Waals surface area contributed by atoms with E-state index >= 15 is 0 Å². The highest BCUT2D eigenvalue weighted by Crippen LogP contribution is 2.12. The molecule has 8 heteroatoms. The Labute approximate surface area is 152 Å². The van der Waals surface area contributed by atoms with Crippen LogP contribution in [-0.2, 0) is 19.1 Å². The largest absolute Gasteiger partial charge is 0.473 e. The minimum atomic E-state index is -1.82. The van der Waals surface area contributed by atoms with Crippen LogP contribution in [0.2, 0.25) is 0 Å². The molecule has 1 aliphatic heterocycles. The Hall–Kier alpha value is -2.45. The number of hydrogen-bond acceptors (Lipinski definition) is 5. The Balaban J connectivity index is 0.000000487. The van der Waals surface area contributed by atoms with Gasteiger partial charge in [-0.3, -0.25) is 9.69 Å². The number of morpholine rings is 1. The molecule has 0 aromatic heterocycles. The second-order valence-corrected chi connectivity index (χ2v) is 6.29. The maximum atomic E-state index is 11.9. The molecule has 2 unspecified atom stereocenters. The van der Waals surface area contributed by atoms with Gasteiger partial charge in [-0.1, -0.05) is 17.7 Å². The number of amides is 1. The van der Waals surface area contributed by atoms with Crippen LogP contribution in [0.15, 0.2) is 24.3 Å². The molecule has 2 rings (SSSR count). The highest BCUT2D eigenvalue weighted by molar-refractivity contribution is 6.27. The van der Waals surface area contributed by atoms with Crippen molar-refractivity contribution >= 4 is 23.5 Å². The van der Waals surface area contributed by atoms with E-state index in [4.69, 9.17) is 24.5 Å². The number of hydrogen-bond donors (Lipinski definition) is 3. The number of carbonyl (C=O) groups excluding carboxylic acids is 1. The van der Waals surface area contributed by atoms with E-state index in [1.807, 2.05) is 31.2 Å². The first-order valence-electron chi connectivity index (χ1n) is 8.38. The lowest BCUT2D eigenvalue weighted by molar-refractivity contribution is -0.159. The summed E-state index contributed by atoms with van der Waals surface area (Å²) < 4.78 is 5.69. The Kier molecular flexibility index (Phi) is 8.74. The topological polar surface area (TPSA) is 116 Å². The third-order valence-electron chi connectivity index (χ3n) is 3.67. The van der Waals surface area contributed by atoms with E-state index in [1.54, 1.807) is 0 Å². The fraction of sp³-hybridized carbons (Fsp3) is 0.500. The molecule has 1 aliphatic rings. The molecule has 2 atom stereocenters. The Morgan fingerprint density at radius 1 is 1.08 bits per heavy atom. The van der Waals surface area contributed by atoms with Crippen LogP contribution < -0.4 is 5.32 Å². The van der Waals surface area contributed by atoms with Gasteiger partial charge in [-0.25, -0.2) is 9.59 Å². The normalized spacial score (nSPS) is 19.8. The van der Waals surface area contributed by atoms with Gasteiger partial charge < -0.3 is 20.3 Å². The number of ether oxygens (including phenoxy) is 1. The van der Waals surface area contributed by atoms with Crippen LogP contribution in [0.25, 0.3) is 0 Å². The van der Waals surface area contributed by atoms with Crippen molar-refractivity contribution in [3.05, 3.63) is 29.8 Å². The zero-order chi connectivity index (χ0) is 19.7. The summed E-state index contributed by atoms with van der Waals surface area (Å²) in [6.45, 7) is 8.79. The van der Waals surface area contributed by atoms with Crippen molar-refractivity contribution in [3.8, 4) is 0 Å². The van der Waals surface area contributed by atoms with Crippen molar-refractivity contribution in [1.29, 1.82) is 0 Å². The van der Waals surface area contributed by atoms with Gasteiger partial charge in [0, 0.05) is 31.7 Å². The van der Waals surface area contributed by atoms with E-state index in [2.05, 4.69) is 24.1 Å². The number of nitrogens with one attached hydrogen (secondary N) is 1. The predicted octanol–water partition coefficient (Wildman–Crippen LogP) is 1.59. The Bertz CT molecular complexity index is 595. The van der Waals surface area contributed by atoms with Crippen LogP contribution in [0.4, 0.5) is 5.69 Å². The molecule has 8 nitrogen and oxygen atoms in total. The molecule has 0 bridgehead atoms. The number of aryl methyl sites for hydroxylation is 1. The quantitative estimate of drug-likeness (QED) is 0.693. The average Bonchev–Trinajstić information content (AvgIpc) is 2.55. The van der Waals surface area contributed by atoms with E-state index < -0.39 is 11.9 Å². The number of anilines is 1. The van der Waals surface area contributed by atoms with Crippen molar-refractivity contribution in [3.63, 3.8) is 0 Å². The summed E-state index contributed by atoms with van der Waals surface area (Å²) in [7, 11) is 0. The van der Waals surface area contributed by atoms with E-state index in [0.29, 0.717) is 6.42 Å². The van der Waals surface area contributed by atoms with Crippen molar-refractivity contribution in [2.24, 2.45) is 0 Å². The first kappa shape index (κ1) is 21.6. The van der Waals surface area contributed by atoms with E-state index in [-0.39, 0.29) is 18.1 Å². The second-order valence-electron chi connectivity index (χ2n) is 6.29. The maximum absolute atomic E-state index is 11.9. The number of benzene rings is 1. The third kappa shape index (κ3) is 8.59. The molecule has 0 spiro atoms. The molecule has 1 aromatic carbocycles. The number of carboxylic acid groups (broad SMARTS) is 2. The van der Waals surface area contributed by atoms with Gasteiger partial charge in [-0.15, -0.1) is 0 Å². The van der Waals surface area contributed by atoms with Gasteiger partial charge in [-0.05, 0) is 32.9 Å². The predicted molar refractivity (Wildman–Crippen MR) is 96.1 cm³/mol. The molecule has 1 fully saturated rings. The number of aliphatic carboxylic acids is 2. The molecule has 26 heavy (non-hydrogen) atoms. The van der Waals surface area contributed by atoms with Crippen LogP contribution in [-0.4, -0.2) is 64.8 Å². The zero-order valence-electron chi connectivity index (χ0n) is 15.3. The molecule has 1 saturated heterocycles. The lowest BCUT2D eigenvalue weighted by Crippen LogP contribution is -2.46. The van der Waals surface area contributed by atoms with Crippen molar-refractivity contribution in [2.75, 3.05) is 25.0 Å². The van der Waals surface area contributed by atoms with Crippen LogP contribution >= 0.6 is 0 Å². The first-order valence-corrected chi connectivity index (χ1v) is 8.38. The van der Waals surface area contributed by atoms with Gasteiger partial charge in [-0.2, -0.15) is 0 Å². The van der Waals surface area contributed by atoms with E-state index in [0.717, 1.165) is 25.3 Å². The highest BCUT2D eigenvalue weighted by atomic mass is 16.5. The molecule has 0 aliphatic carbocycles.